The maximum Gasteiger partial charge on any atom is 0.233 e. The summed E-state index contributed by atoms with van der Waals surface area (Å²) < 4.78 is 7.92. The van der Waals surface area contributed by atoms with Crippen LogP contribution in [0.15, 0.2) is 29.4 Å². The van der Waals surface area contributed by atoms with Crippen molar-refractivity contribution in [3.05, 3.63) is 35.1 Å². The molecule has 0 saturated heterocycles. The monoisotopic (exact) mass is 394 g/mol. The highest BCUT2D eigenvalue weighted by Gasteiger charge is 2.31. The van der Waals surface area contributed by atoms with E-state index in [1.54, 1.807) is 6.07 Å². The van der Waals surface area contributed by atoms with E-state index in [0.717, 1.165) is 30.2 Å². The van der Waals surface area contributed by atoms with E-state index in [0.29, 0.717) is 30.0 Å². The quantitative estimate of drug-likeness (QED) is 0.654. The minimum atomic E-state index is -0.222. The SMILES string of the molecule is CCCNC(=O)[C@@H](C)Sc1nnc(COc2ccccc2Cl)n1C1CC1. The highest BCUT2D eigenvalue weighted by Crippen LogP contribution is 2.39. The van der Waals surface area contributed by atoms with Crippen LogP contribution in [0.1, 0.15) is 45.0 Å². The molecule has 1 fully saturated rings. The summed E-state index contributed by atoms with van der Waals surface area (Å²) in [5, 5.41) is 12.6. The maximum atomic E-state index is 12.1. The number of aromatic nitrogens is 3. The Balaban J connectivity index is 1.68. The average molecular weight is 395 g/mol. The number of carbonyl (C=O) groups is 1. The van der Waals surface area contributed by atoms with E-state index in [9.17, 15) is 4.79 Å². The number of carbonyl (C=O) groups excluding carboxylic acids is 1. The summed E-state index contributed by atoms with van der Waals surface area (Å²) in [5.74, 6) is 1.41. The van der Waals surface area contributed by atoms with Crippen molar-refractivity contribution in [2.45, 2.75) is 56.2 Å². The second kappa shape index (κ2) is 8.77. The maximum absolute atomic E-state index is 12.1. The van der Waals surface area contributed by atoms with Crippen LogP contribution < -0.4 is 10.1 Å². The van der Waals surface area contributed by atoms with Crippen molar-refractivity contribution in [3.8, 4) is 5.75 Å². The molecule has 0 spiro atoms. The van der Waals surface area contributed by atoms with Crippen LogP contribution in [-0.4, -0.2) is 32.5 Å². The predicted molar refractivity (Wildman–Crippen MR) is 103 cm³/mol. The smallest absolute Gasteiger partial charge is 0.233 e. The molecule has 2 aromatic rings. The molecule has 0 radical (unpaired) electrons. The van der Waals surface area contributed by atoms with E-state index < -0.39 is 0 Å². The fourth-order valence-electron chi connectivity index (χ4n) is 2.49. The van der Waals surface area contributed by atoms with E-state index in [4.69, 9.17) is 16.3 Å². The molecule has 0 aliphatic heterocycles. The summed E-state index contributed by atoms with van der Waals surface area (Å²) in [7, 11) is 0. The molecule has 8 heteroatoms. The molecule has 0 bridgehead atoms. The number of hydrogen-bond donors (Lipinski definition) is 1. The molecular weight excluding hydrogens is 372 g/mol. The van der Waals surface area contributed by atoms with Gasteiger partial charge in [0.25, 0.3) is 0 Å². The van der Waals surface area contributed by atoms with Gasteiger partial charge in [0, 0.05) is 12.6 Å². The van der Waals surface area contributed by atoms with Crippen LogP contribution in [0.5, 0.6) is 5.75 Å². The van der Waals surface area contributed by atoms with Gasteiger partial charge in [-0.15, -0.1) is 10.2 Å². The number of benzene rings is 1. The van der Waals surface area contributed by atoms with E-state index in [2.05, 4.69) is 20.1 Å². The third kappa shape index (κ3) is 4.71. The normalized spacial score (nSPS) is 14.9. The molecule has 1 aromatic heterocycles. The van der Waals surface area contributed by atoms with Crippen LogP contribution in [-0.2, 0) is 11.4 Å². The van der Waals surface area contributed by atoms with Crippen LogP contribution >= 0.6 is 23.4 Å². The fourth-order valence-corrected chi connectivity index (χ4v) is 3.65. The Bertz CT molecular complexity index is 763. The number of nitrogens with zero attached hydrogens (tertiary/aromatic N) is 3. The predicted octanol–water partition coefficient (Wildman–Crippen LogP) is 3.85. The number of halogens is 1. The largest absolute Gasteiger partial charge is 0.484 e. The molecule has 1 N–H and O–H groups in total. The number of nitrogens with one attached hydrogen (secondary N) is 1. The van der Waals surface area contributed by atoms with Crippen molar-refractivity contribution in [1.82, 2.24) is 20.1 Å². The third-order valence-corrected chi connectivity index (χ3v) is 5.41. The zero-order valence-corrected chi connectivity index (χ0v) is 16.5. The van der Waals surface area contributed by atoms with Crippen molar-refractivity contribution in [2.24, 2.45) is 0 Å². The first kappa shape index (κ1) is 19.0. The lowest BCUT2D eigenvalue weighted by Crippen LogP contribution is -2.31. The van der Waals surface area contributed by atoms with Gasteiger partial charge in [0.1, 0.15) is 12.4 Å². The van der Waals surface area contributed by atoms with Crippen LogP contribution in [0.4, 0.5) is 0 Å². The van der Waals surface area contributed by atoms with Gasteiger partial charge in [0.05, 0.1) is 10.3 Å². The first-order chi connectivity index (χ1) is 12.6. The van der Waals surface area contributed by atoms with Crippen LogP contribution in [0.3, 0.4) is 0 Å². The fraction of sp³-hybridized carbons (Fsp3) is 0.500. The molecule has 26 heavy (non-hydrogen) atoms. The molecule has 140 valence electrons. The Morgan fingerprint density at radius 2 is 2.19 bits per heavy atom. The van der Waals surface area contributed by atoms with E-state index in [1.807, 2.05) is 32.0 Å². The zero-order valence-electron chi connectivity index (χ0n) is 14.9. The molecule has 1 aliphatic carbocycles. The molecule has 0 unspecified atom stereocenters. The molecule has 3 rings (SSSR count). The second-order valence-electron chi connectivity index (χ2n) is 6.27. The van der Waals surface area contributed by atoms with E-state index in [-0.39, 0.29) is 11.2 Å². The third-order valence-electron chi connectivity index (χ3n) is 4.04. The molecule has 1 saturated carbocycles. The van der Waals surface area contributed by atoms with Crippen molar-refractivity contribution in [3.63, 3.8) is 0 Å². The van der Waals surface area contributed by atoms with Gasteiger partial charge in [0.15, 0.2) is 11.0 Å². The Labute approximate surface area is 162 Å². The second-order valence-corrected chi connectivity index (χ2v) is 7.99. The van der Waals surface area contributed by atoms with Crippen LogP contribution in [0.25, 0.3) is 0 Å². The van der Waals surface area contributed by atoms with Gasteiger partial charge in [-0.1, -0.05) is 42.4 Å². The summed E-state index contributed by atoms with van der Waals surface area (Å²) in [5.41, 5.74) is 0. The van der Waals surface area contributed by atoms with Gasteiger partial charge >= 0.3 is 0 Å². The summed E-state index contributed by atoms with van der Waals surface area (Å²) in [6, 6.07) is 7.76. The van der Waals surface area contributed by atoms with Gasteiger partial charge in [-0.05, 0) is 38.3 Å². The summed E-state index contributed by atoms with van der Waals surface area (Å²) in [4.78, 5) is 12.1. The molecular formula is C18H23ClN4O2S. The Morgan fingerprint density at radius 1 is 1.42 bits per heavy atom. The topological polar surface area (TPSA) is 69.0 Å². The molecule has 1 atom stereocenters. The van der Waals surface area contributed by atoms with Gasteiger partial charge in [-0.2, -0.15) is 0 Å². The van der Waals surface area contributed by atoms with Gasteiger partial charge in [-0.3, -0.25) is 9.36 Å². The highest BCUT2D eigenvalue weighted by molar-refractivity contribution is 8.00. The Morgan fingerprint density at radius 3 is 2.88 bits per heavy atom. The number of para-hydroxylation sites is 1. The standard InChI is InChI=1S/C18H23ClN4O2S/c1-3-10-20-17(24)12(2)26-18-22-21-16(23(18)13-8-9-13)11-25-15-7-5-4-6-14(15)19/h4-7,12-13H,3,8-11H2,1-2H3,(H,20,24)/t12-/m1/s1. The molecule has 1 amide bonds. The van der Waals surface area contributed by atoms with Crippen molar-refractivity contribution in [1.29, 1.82) is 0 Å². The number of hydrogen-bond acceptors (Lipinski definition) is 5. The number of rotatable bonds is 9. The van der Waals surface area contributed by atoms with E-state index in [1.165, 1.54) is 11.8 Å². The minimum absolute atomic E-state index is 0.0241. The first-order valence-corrected chi connectivity index (χ1v) is 10.1. The summed E-state index contributed by atoms with van der Waals surface area (Å²) in [6.07, 6.45) is 3.12. The zero-order chi connectivity index (χ0) is 18.5. The van der Waals surface area contributed by atoms with Gasteiger partial charge in [-0.25, -0.2) is 0 Å². The highest BCUT2D eigenvalue weighted by atomic mass is 35.5. The Kier molecular flexibility index (Phi) is 6.43. The average Bonchev–Trinajstić information content (AvgIpc) is 3.40. The first-order valence-electron chi connectivity index (χ1n) is 8.85. The lowest BCUT2D eigenvalue weighted by atomic mass is 10.3. The number of ether oxygens (including phenoxy) is 1. The molecule has 1 heterocycles. The van der Waals surface area contributed by atoms with Crippen molar-refractivity contribution in [2.75, 3.05) is 6.54 Å². The molecule has 6 nitrogen and oxygen atoms in total. The lowest BCUT2D eigenvalue weighted by Gasteiger charge is -2.13. The lowest BCUT2D eigenvalue weighted by molar-refractivity contribution is -0.120. The minimum Gasteiger partial charge on any atom is -0.484 e. The molecule has 1 aromatic carbocycles. The number of thioether (sulfide) groups is 1. The Hall–Kier alpha value is -1.73. The van der Waals surface area contributed by atoms with Crippen molar-refractivity contribution < 1.29 is 9.53 Å². The van der Waals surface area contributed by atoms with Crippen LogP contribution in [0, 0.1) is 0 Å². The van der Waals surface area contributed by atoms with E-state index >= 15 is 0 Å². The summed E-state index contributed by atoms with van der Waals surface area (Å²) >= 11 is 7.58. The molecule has 1 aliphatic rings. The van der Waals surface area contributed by atoms with Crippen LogP contribution in [0.2, 0.25) is 5.02 Å². The van der Waals surface area contributed by atoms with Gasteiger partial charge < -0.3 is 10.1 Å². The van der Waals surface area contributed by atoms with Crippen molar-refractivity contribution >= 4 is 29.3 Å². The van der Waals surface area contributed by atoms with Gasteiger partial charge in [0.2, 0.25) is 5.91 Å². The summed E-state index contributed by atoms with van der Waals surface area (Å²) in [6.45, 7) is 4.91. The number of amides is 1.